The molecule has 2 aliphatic heterocycles. The van der Waals surface area contributed by atoms with Crippen LogP contribution in [0.25, 0.3) is 0 Å². The van der Waals surface area contributed by atoms with Crippen molar-refractivity contribution in [3.63, 3.8) is 0 Å². The topological polar surface area (TPSA) is 44.9 Å². The minimum atomic E-state index is 0.0934. The molecule has 3 atom stereocenters. The number of hydrogen-bond acceptors (Lipinski definition) is 4. The quantitative estimate of drug-likeness (QED) is 0.460. The normalized spacial score (nSPS) is 30.0. The van der Waals surface area contributed by atoms with Crippen LogP contribution >= 0.6 is 0 Å². The van der Waals surface area contributed by atoms with Gasteiger partial charge in [-0.2, -0.15) is 0 Å². The van der Waals surface area contributed by atoms with Gasteiger partial charge in [0.2, 0.25) is 0 Å². The average Bonchev–Trinajstić information content (AvgIpc) is 3.15. The van der Waals surface area contributed by atoms with E-state index in [1.807, 2.05) is 6.07 Å². The summed E-state index contributed by atoms with van der Waals surface area (Å²) in [6, 6.07) is 10.8. The molecular weight excluding hydrogens is 239 g/mol. The van der Waals surface area contributed by atoms with Crippen LogP contribution < -0.4 is 5.32 Å². The van der Waals surface area contributed by atoms with Crippen molar-refractivity contribution in [2.45, 2.75) is 25.1 Å². The second-order valence-electron chi connectivity index (χ2n) is 5.31. The predicted molar refractivity (Wildman–Crippen MR) is 73.4 cm³/mol. The molecule has 1 radical (unpaired) electrons. The van der Waals surface area contributed by atoms with Gasteiger partial charge in [-0.25, -0.2) is 0 Å². The van der Waals surface area contributed by atoms with E-state index in [1.54, 1.807) is 7.48 Å². The third-order valence-electron chi connectivity index (χ3n) is 3.82. The van der Waals surface area contributed by atoms with Gasteiger partial charge in [0.15, 0.2) is 0 Å². The largest absolute Gasteiger partial charge is 0.425 e. The molecule has 2 fully saturated rings. The fourth-order valence-electron chi connectivity index (χ4n) is 2.81. The van der Waals surface area contributed by atoms with E-state index in [0.29, 0.717) is 18.4 Å². The van der Waals surface area contributed by atoms with Gasteiger partial charge < -0.3 is 9.45 Å². The summed E-state index contributed by atoms with van der Waals surface area (Å²) in [7, 11) is 1.79. The van der Waals surface area contributed by atoms with Gasteiger partial charge in [-0.05, 0) is 11.5 Å². The summed E-state index contributed by atoms with van der Waals surface area (Å²) in [6.07, 6.45) is 1.74. The molecule has 5 heteroatoms. The molecule has 2 aliphatic rings. The van der Waals surface area contributed by atoms with Crippen molar-refractivity contribution in [1.29, 1.82) is 0 Å². The van der Waals surface area contributed by atoms with Gasteiger partial charge >= 0.3 is 7.48 Å². The van der Waals surface area contributed by atoms with Crippen molar-refractivity contribution < 1.29 is 9.45 Å². The zero-order valence-corrected chi connectivity index (χ0v) is 10.9. The third-order valence-corrected chi connectivity index (χ3v) is 3.82. The Kier molecular flexibility index (Phi) is 3.96. The number of likely N-dealkylation sites (tertiary alicyclic amines) is 1. The molecule has 1 N–H and O–H groups in total. The van der Waals surface area contributed by atoms with E-state index in [0.717, 1.165) is 25.9 Å². The molecule has 1 aromatic carbocycles. The average molecular weight is 257 g/mol. The highest BCUT2D eigenvalue weighted by molar-refractivity contribution is 6.38. The second kappa shape index (κ2) is 5.86. The van der Waals surface area contributed by atoms with Gasteiger partial charge in [-0.1, -0.05) is 30.3 Å². The van der Waals surface area contributed by atoms with E-state index in [9.17, 15) is 4.79 Å². The number of nitrogens with one attached hydrogen (secondary N) is 1. The Hall–Kier alpha value is -1.17. The van der Waals surface area contributed by atoms with E-state index in [1.165, 1.54) is 5.56 Å². The summed E-state index contributed by atoms with van der Waals surface area (Å²) in [6.45, 7) is 2.89. The molecule has 0 amide bonds. The first-order valence-electron chi connectivity index (χ1n) is 6.80. The van der Waals surface area contributed by atoms with Gasteiger partial charge in [-0.3, -0.25) is 10.2 Å². The Morgan fingerprint density at radius 3 is 2.84 bits per heavy atom. The highest BCUT2D eigenvalue weighted by Gasteiger charge is 2.37. The molecule has 1 aromatic rings. The fourth-order valence-corrected chi connectivity index (χ4v) is 2.81. The molecule has 0 saturated carbocycles. The summed E-state index contributed by atoms with van der Waals surface area (Å²) in [4.78, 5) is 13.2. The van der Waals surface area contributed by atoms with Crippen molar-refractivity contribution in [2.75, 3.05) is 13.1 Å². The van der Waals surface area contributed by atoms with E-state index < -0.39 is 0 Å². The monoisotopic (exact) mass is 257 g/mol. The van der Waals surface area contributed by atoms with Crippen LogP contribution in [0, 0.1) is 5.92 Å². The lowest BCUT2D eigenvalue weighted by Gasteiger charge is -2.17. The van der Waals surface area contributed by atoms with Crippen LogP contribution in [0.5, 0.6) is 0 Å². The zero-order chi connectivity index (χ0) is 13.1. The summed E-state index contributed by atoms with van der Waals surface area (Å²) in [5.41, 5.74) is 1.32. The maximum absolute atomic E-state index is 10.8. The number of hydrogen-bond donors (Lipinski definition) is 1. The van der Waals surface area contributed by atoms with Crippen molar-refractivity contribution in [3.05, 3.63) is 35.9 Å². The maximum atomic E-state index is 10.8. The lowest BCUT2D eigenvalue weighted by atomic mass is 9.99. The second-order valence-corrected chi connectivity index (χ2v) is 5.31. The van der Waals surface area contributed by atoms with Crippen molar-refractivity contribution in [1.82, 2.24) is 10.2 Å². The number of aldehydes is 1. The SMILES string of the molecule is O=CCC1CN(Cc2ccccc2)CC1NC1[B]O1. The summed E-state index contributed by atoms with van der Waals surface area (Å²) < 4.78 is 5.11. The minimum absolute atomic E-state index is 0.0934. The summed E-state index contributed by atoms with van der Waals surface area (Å²) in [5, 5.41) is 3.43. The van der Waals surface area contributed by atoms with E-state index >= 15 is 0 Å². The van der Waals surface area contributed by atoms with Crippen LogP contribution in [0.1, 0.15) is 12.0 Å². The van der Waals surface area contributed by atoms with Crippen molar-refractivity contribution in [3.8, 4) is 0 Å². The van der Waals surface area contributed by atoms with E-state index in [2.05, 4.69) is 34.5 Å². The maximum Gasteiger partial charge on any atom is 0.342 e. The Balaban J connectivity index is 1.59. The first-order valence-corrected chi connectivity index (χ1v) is 6.80. The van der Waals surface area contributed by atoms with Gasteiger partial charge in [0.05, 0.1) is 6.13 Å². The molecule has 0 aromatic heterocycles. The van der Waals surface area contributed by atoms with Gasteiger partial charge in [-0.15, -0.1) is 0 Å². The Bertz CT molecular complexity index is 425. The number of rotatable bonds is 6. The molecule has 3 rings (SSSR count). The molecule has 2 saturated heterocycles. The lowest BCUT2D eigenvalue weighted by Crippen LogP contribution is -2.38. The zero-order valence-electron chi connectivity index (χ0n) is 10.9. The number of carbonyl (C=O) groups excluding carboxylic acids is 1. The molecule has 99 valence electrons. The van der Waals surface area contributed by atoms with Crippen LogP contribution in [0.4, 0.5) is 0 Å². The van der Waals surface area contributed by atoms with E-state index in [-0.39, 0.29) is 6.13 Å². The first kappa shape index (κ1) is 12.8. The first-order chi connectivity index (χ1) is 9.35. The summed E-state index contributed by atoms with van der Waals surface area (Å²) >= 11 is 0. The molecule has 0 spiro atoms. The molecule has 2 heterocycles. The summed E-state index contributed by atoms with van der Waals surface area (Å²) in [5.74, 6) is 0.388. The number of benzene rings is 1. The van der Waals surface area contributed by atoms with Crippen molar-refractivity contribution >= 4 is 13.8 Å². The highest BCUT2D eigenvalue weighted by atomic mass is 16.5. The standard InChI is InChI=1S/C14H18BN2O2/c18-7-6-12-9-17(8-11-4-2-1-3-5-11)10-13(12)16-14-15-19-14/h1-5,7,12-14,16H,6,8-10H2. The fraction of sp³-hybridized carbons (Fsp3) is 0.500. The minimum Gasteiger partial charge on any atom is -0.425 e. The smallest absolute Gasteiger partial charge is 0.342 e. The Morgan fingerprint density at radius 1 is 1.37 bits per heavy atom. The third kappa shape index (κ3) is 3.44. The number of carbonyl (C=O) groups is 1. The molecule has 4 nitrogen and oxygen atoms in total. The van der Waals surface area contributed by atoms with Gasteiger partial charge in [0, 0.05) is 32.1 Å². The van der Waals surface area contributed by atoms with Crippen LogP contribution in [-0.2, 0) is 16.0 Å². The van der Waals surface area contributed by atoms with E-state index in [4.69, 9.17) is 4.65 Å². The Morgan fingerprint density at radius 2 is 2.16 bits per heavy atom. The van der Waals surface area contributed by atoms with Gasteiger partial charge in [0.1, 0.15) is 6.29 Å². The van der Waals surface area contributed by atoms with Crippen LogP contribution in [-0.4, -0.2) is 43.9 Å². The Labute approximate surface area is 114 Å². The lowest BCUT2D eigenvalue weighted by molar-refractivity contribution is -0.108. The molecule has 3 unspecified atom stereocenters. The van der Waals surface area contributed by atoms with Crippen LogP contribution in [0.15, 0.2) is 30.3 Å². The predicted octanol–water partition coefficient (Wildman–Crippen LogP) is 0.599. The molecule has 0 aliphatic carbocycles. The molecular formula is C14H18BN2O2. The number of nitrogens with zero attached hydrogens (tertiary/aromatic N) is 1. The highest BCUT2D eigenvalue weighted by Crippen LogP contribution is 2.23. The van der Waals surface area contributed by atoms with Crippen LogP contribution in [0.2, 0.25) is 0 Å². The van der Waals surface area contributed by atoms with Crippen LogP contribution in [0.3, 0.4) is 0 Å². The molecule has 0 bridgehead atoms. The molecule has 19 heavy (non-hydrogen) atoms. The van der Waals surface area contributed by atoms with Crippen molar-refractivity contribution in [2.24, 2.45) is 5.92 Å². The van der Waals surface area contributed by atoms with Gasteiger partial charge in [0.25, 0.3) is 0 Å².